The maximum Gasteiger partial charge on any atom is 0.237 e. The summed E-state index contributed by atoms with van der Waals surface area (Å²) in [6.45, 7) is 3.97. The number of nitrogens with one attached hydrogen (secondary N) is 1. The summed E-state index contributed by atoms with van der Waals surface area (Å²) >= 11 is 1.72. The Labute approximate surface area is 199 Å². The number of rotatable bonds is 8. The SMILES string of the molecule is COc1cc2c(cc1OC)CN(C(=O)CN1CCC(C(=O)NCCc3cccs3)CC1)CC2. The van der Waals surface area contributed by atoms with Gasteiger partial charge in [0.15, 0.2) is 11.5 Å². The third-order valence-electron chi connectivity index (χ3n) is 6.64. The highest BCUT2D eigenvalue weighted by Crippen LogP contribution is 2.33. The lowest BCUT2D eigenvalue weighted by Gasteiger charge is -2.34. The van der Waals surface area contributed by atoms with Gasteiger partial charge in [0.05, 0.1) is 20.8 Å². The second-order valence-corrected chi connectivity index (χ2v) is 9.74. The highest BCUT2D eigenvalue weighted by molar-refractivity contribution is 7.09. The second-order valence-electron chi connectivity index (χ2n) is 8.71. The lowest BCUT2D eigenvalue weighted by atomic mass is 9.95. The Bertz CT molecular complexity index is 955. The fourth-order valence-corrected chi connectivity index (χ4v) is 5.36. The van der Waals surface area contributed by atoms with Crippen LogP contribution in [0.2, 0.25) is 0 Å². The third kappa shape index (κ3) is 5.86. The van der Waals surface area contributed by atoms with Crippen molar-refractivity contribution in [2.24, 2.45) is 5.92 Å². The molecular weight excluding hydrogens is 438 g/mol. The molecule has 178 valence electrons. The van der Waals surface area contributed by atoms with E-state index in [1.807, 2.05) is 23.1 Å². The monoisotopic (exact) mass is 471 g/mol. The Morgan fingerprint density at radius 2 is 1.82 bits per heavy atom. The first-order valence-corrected chi connectivity index (χ1v) is 12.5. The van der Waals surface area contributed by atoms with Gasteiger partial charge in [-0.2, -0.15) is 0 Å². The number of piperidine rings is 1. The molecule has 0 spiro atoms. The molecule has 2 amide bonds. The van der Waals surface area contributed by atoms with Crippen molar-refractivity contribution in [3.63, 3.8) is 0 Å². The topological polar surface area (TPSA) is 71.1 Å². The average molecular weight is 472 g/mol. The second kappa shape index (κ2) is 11.0. The van der Waals surface area contributed by atoms with E-state index in [-0.39, 0.29) is 17.7 Å². The van der Waals surface area contributed by atoms with E-state index in [4.69, 9.17) is 9.47 Å². The molecule has 1 fully saturated rings. The largest absolute Gasteiger partial charge is 0.493 e. The molecule has 3 heterocycles. The summed E-state index contributed by atoms with van der Waals surface area (Å²) in [6, 6.07) is 8.14. The number of carbonyl (C=O) groups excluding carboxylic acids is 2. The molecule has 33 heavy (non-hydrogen) atoms. The first kappa shape index (κ1) is 23.6. The smallest absolute Gasteiger partial charge is 0.237 e. The number of ether oxygens (including phenoxy) is 2. The third-order valence-corrected chi connectivity index (χ3v) is 7.57. The summed E-state index contributed by atoms with van der Waals surface area (Å²) in [7, 11) is 3.27. The molecule has 2 aliphatic heterocycles. The Morgan fingerprint density at radius 1 is 1.09 bits per heavy atom. The van der Waals surface area contributed by atoms with Crippen LogP contribution >= 0.6 is 11.3 Å². The summed E-state index contributed by atoms with van der Waals surface area (Å²) in [5, 5.41) is 5.14. The summed E-state index contributed by atoms with van der Waals surface area (Å²) in [4.78, 5) is 30.9. The van der Waals surface area contributed by atoms with Crippen LogP contribution in [0, 0.1) is 5.92 Å². The molecule has 0 unspecified atom stereocenters. The van der Waals surface area contributed by atoms with Gasteiger partial charge >= 0.3 is 0 Å². The van der Waals surface area contributed by atoms with Crippen molar-refractivity contribution in [3.8, 4) is 11.5 Å². The number of carbonyl (C=O) groups is 2. The molecule has 2 aliphatic rings. The summed E-state index contributed by atoms with van der Waals surface area (Å²) in [5.41, 5.74) is 2.33. The molecule has 8 heteroatoms. The van der Waals surface area contributed by atoms with Gasteiger partial charge in [0, 0.05) is 30.4 Å². The molecule has 0 aliphatic carbocycles. The number of hydrogen-bond donors (Lipinski definition) is 1. The van der Waals surface area contributed by atoms with Gasteiger partial charge in [-0.15, -0.1) is 11.3 Å². The molecule has 1 saturated heterocycles. The lowest BCUT2D eigenvalue weighted by Crippen LogP contribution is -2.46. The van der Waals surface area contributed by atoms with E-state index in [0.29, 0.717) is 31.9 Å². The fourth-order valence-electron chi connectivity index (χ4n) is 4.65. The van der Waals surface area contributed by atoms with E-state index in [0.717, 1.165) is 50.1 Å². The number of nitrogens with zero attached hydrogens (tertiary/aromatic N) is 2. The summed E-state index contributed by atoms with van der Waals surface area (Å²) in [5.74, 6) is 1.77. The maximum absolute atomic E-state index is 13.0. The van der Waals surface area contributed by atoms with Gasteiger partial charge in [-0.25, -0.2) is 0 Å². The van der Waals surface area contributed by atoms with E-state index in [9.17, 15) is 9.59 Å². The molecular formula is C25H33N3O4S. The molecule has 0 saturated carbocycles. The van der Waals surface area contributed by atoms with Crippen molar-refractivity contribution < 1.29 is 19.1 Å². The lowest BCUT2D eigenvalue weighted by molar-refractivity contribution is -0.134. The van der Waals surface area contributed by atoms with E-state index >= 15 is 0 Å². The molecule has 0 atom stereocenters. The minimum absolute atomic E-state index is 0.0454. The Balaban J connectivity index is 1.22. The number of thiophene rings is 1. The first-order valence-electron chi connectivity index (χ1n) is 11.6. The summed E-state index contributed by atoms with van der Waals surface area (Å²) < 4.78 is 10.8. The van der Waals surface area contributed by atoms with Crippen LogP contribution in [0.4, 0.5) is 0 Å². The Morgan fingerprint density at radius 3 is 2.48 bits per heavy atom. The Hall–Kier alpha value is -2.58. The van der Waals surface area contributed by atoms with Gasteiger partial charge in [-0.05, 0) is 73.5 Å². The quantitative estimate of drug-likeness (QED) is 0.641. The van der Waals surface area contributed by atoms with E-state index < -0.39 is 0 Å². The van der Waals surface area contributed by atoms with Crippen molar-refractivity contribution in [2.75, 3.05) is 46.9 Å². The number of methoxy groups -OCH3 is 2. The van der Waals surface area contributed by atoms with Crippen molar-refractivity contribution in [1.29, 1.82) is 0 Å². The van der Waals surface area contributed by atoms with Crippen LogP contribution in [-0.2, 0) is 29.0 Å². The molecule has 0 radical (unpaired) electrons. The number of likely N-dealkylation sites (tertiary alicyclic amines) is 1. The molecule has 1 N–H and O–H groups in total. The van der Waals surface area contributed by atoms with Gasteiger partial charge in [0.2, 0.25) is 11.8 Å². The number of fused-ring (bicyclic) bond motifs is 1. The minimum atomic E-state index is 0.0454. The minimum Gasteiger partial charge on any atom is -0.493 e. The van der Waals surface area contributed by atoms with Crippen molar-refractivity contribution >= 4 is 23.2 Å². The van der Waals surface area contributed by atoms with Crippen LogP contribution in [0.1, 0.15) is 28.8 Å². The van der Waals surface area contributed by atoms with Gasteiger partial charge in [-0.1, -0.05) is 6.07 Å². The van der Waals surface area contributed by atoms with Crippen molar-refractivity contribution in [1.82, 2.24) is 15.1 Å². The van der Waals surface area contributed by atoms with E-state index in [1.165, 1.54) is 10.4 Å². The van der Waals surface area contributed by atoms with Crippen molar-refractivity contribution in [2.45, 2.75) is 32.2 Å². The van der Waals surface area contributed by atoms with E-state index in [2.05, 4.69) is 21.7 Å². The van der Waals surface area contributed by atoms with Crippen LogP contribution in [0.15, 0.2) is 29.6 Å². The molecule has 4 rings (SSSR count). The molecule has 1 aromatic heterocycles. The van der Waals surface area contributed by atoms with Gasteiger partial charge < -0.3 is 19.7 Å². The molecule has 0 bridgehead atoms. The standard InChI is InChI=1S/C25H33N3O4S/c1-31-22-14-19-8-12-28(16-20(19)15-23(22)32-2)24(29)17-27-10-6-18(7-11-27)25(30)26-9-5-21-4-3-13-33-21/h3-4,13-15,18H,5-12,16-17H2,1-2H3,(H,26,30). The normalized spacial score (nSPS) is 16.8. The predicted octanol–water partition coefficient (Wildman–Crippen LogP) is 2.72. The molecule has 2 aromatic rings. The van der Waals surface area contributed by atoms with E-state index in [1.54, 1.807) is 25.6 Å². The van der Waals surface area contributed by atoms with Crippen LogP contribution in [0.5, 0.6) is 11.5 Å². The number of hydrogen-bond acceptors (Lipinski definition) is 6. The summed E-state index contributed by atoms with van der Waals surface area (Å²) in [6.07, 6.45) is 3.30. The number of benzene rings is 1. The highest BCUT2D eigenvalue weighted by Gasteiger charge is 2.28. The van der Waals surface area contributed by atoms with Gasteiger partial charge in [0.1, 0.15) is 0 Å². The zero-order valence-electron chi connectivity index (χ0n) is 19.5. The van der Waals surface area contributed by atoms with Crippen molar-refractivity contribution in [3.05, 3.63) is 45.6 Å². The zero-order valence-corrected chi connectivity index (χ0v) is 20.3. The van der Waals surface area contributed by atoms with Gasteiger partial charge in [0.25, 0.3) is 0 Å². The first-order chi connectivity index (χ1) is 16.1. The fraction of sp³-hybridized carbons (Fsp3) is 0.520. The zero-order chi connectivity index (χ0) is 23.2. The molecule has 1 aromatic carbocycles. The number of amides is 2. The van der Waals surface area contributed by atoms with Crippen LogP contribution in [0.3, 0.4) is 0 Å². The van der Waals surface area contributed by atoms with Crippen LogP contribution in [0.25, 0.3) is 0 Å². The van der Waals surface area contributed by atoms with Crippen LogP contribution in [-0.4, -0.2) is 68.6 Å². The van der Waals surface area contributed by atoms with Crippen LogP contribution < -0.4 is 14.8 Å². The van der Waals surface area contributed by atoms with Gasteiger partial charge in [-0.3, -0.25) is 14.5 Å². The molecule has 7 nitrogen and oxygen atoms in total. The highest BCUT2D eigenvalue weighted by atomic mass is 32.1. The average Bonchev–Trinajstić information content (AvgIpc) is 3.36. The predicted molar refractivity (Wildman–Crippen MR) is 129 cm³/mol. The Kier molecular flexibility index (Phi) is 7.88. The maximum atomic E-state index is 13.0.